The number of halogens is 6. The monoisotopic (exact) mass is 607 g/mol. The average molecular weight is 607 g/mol. The zero-order valence-corrected chi connectivity index (χ0v) is 23.5. The molecule has 1 saturated carbocycles. The molecule has 3 nitrogen and oxygen atoms in total. The third-order valence-electron chi connectivity index (χ3n) is 4.91. The van der Waals surface area contributed by atoms with Gasteiger partial charge in [-0.15, -0.1) is 0 Å². The minimum atomic E-state index is -10.7. The van der Waals surface area contributed by atoms with Crippen LogP contribution in [0, 0.1) is 54.8 Å². The van der Waals surface area contributed by atoms with Gasteiger partial charge in [0.15, 0.2) is 0 Å². The second-order valence-corrected chi connectivity index (χ2v) is 9.66. The molecule has 0 aromatic carbocycles. The van der Waals surface area contributed by atoms with E-state index in [2.05, 4.69) is 58.4 Å². The van der Waals surface area contributed by atoms with Crippen LogP contribution in [0.1, 0.15) is 52.7 Å². The van der Waals surface area contributed by atoms with Gasteiger partial charge in [0.1, 0.15) is 0 Å². The summed E-state index contributed by atoms with van der Waals surface area (Å²) in [6.45, 7) is 16.5. The van der Waals surface area contributed by atoms with E-state index in [-0.39, 0.29) is 19.5 Å². The van der Waals surface area contributed by atoms with Crippen molar-refractivity contribution >= 4 is 7.81 Å². The Bertz CT molecular complexity index is 864. The molecule has 5 radical (unpaired) electrons. The standard InChI is InChI=1S/C12H12N2.C10H15.C2H3N.F6P.Ru/c1-9-3-5-13-11(7-9)12-8-10(2)4-6-14-12;1-6-7(2)9(4)10(5)8(6)3;1-2-3;1-7(2,3,4,5)6;/h3-8H,1-2H3;1-5H3;1H3;;/q;;;-1;+2. The molecule has 35 heavy (non-hydrogen) atoms. The number of hydrogen-bond acceptors (Lipinski definition) is 3. The van der Waals surface area contributed by atoms with Crippen molar-refractivity contribution in [1.82, 2.24) is 9.97 Å². The molecule has 2 aromatic heterocycles. The fourth-order valence-corrected chi connectivity index (χ4v) is 2.76. The Morgan fingerprint density at radius 1 is 0.629 bits per heavy atom. The van der Waals surface area contributed by atoms with E-state index < -0.39 is 7.81 Å². The number of nitrogens with zero attached hydrogens (tertiary/aromatic N) is 3. The van der Waals surface area contributed by atoms with Crippen molar-refractivity contribution in [1.29, 1.82) is 5.26 Å². The fraction of sp³-hybridized carbons (Fsp3) is 0.333. The van der Waals surface area contributed by atoms with Crippen molar-refractivity contribution in [3.05, 3.63) is 77.4 Å². The van der Waals surface area contributed by atoms with Crippen LogP contribution >= 0.6 is 7.81 Å². The molecule has 2 aromatic rings. The molecule has 3 rings (SSSR count). The van der Waals surface area contributed by atoms with Crippen LogP contribution < -0.4 is 0 Å². The van der Waals surface area contributed by atoms with Crippen molar-refractivity contribution in [3.63, 3.8) is 0 Å². The predicted molar refractivity (Wildman–Crippen MR) is 126 cm³/mol. The first-order chi connectivity index (χ1) is 15.2. The summed E-state index contributed by atoms with van der Waals surface area (Å²) in [6, 6.07) is 9.81. The van der Waals surface area contributed by atoms with Crippen LogP contribution in [0.25, 0.3) is 11.4 Å². The summed E-state index contributed by atoms with van der Waals surface area (Å²) in [5.74, 6) is 7.34. The molecule has 1 aliphatic carbocycles. The smallest absolute Gasteiger partial charge is 2.00 e. The van der Waals surface area contributed by atoms with E-state index >= 15 is 0 Å². The van der Waals surface area contributed by atoms with Gasteiger partial charge in [-0.05, 0) is 78.8 Å². The molecule has 0 spiro atoms. The molecule has 0 amide bonds. The maximum Gasteiger partial charge on any atom is 2.00 e. The van der Waals surface area contributed by atoms with Gasteiger partial charge >= 0.3 is 52.5 Å². The first-order valence-electron chi connectivity index (χ1n) is 10.1. The molecule has 0 unspecified atom stereocenters. The van der Waals surface area contributed by atoms with Crippen LogP contribution in [0.15, 0.2) is 36.7 Å². The van der Waals surface area contributed by atoms with Gasteiger partial charge in [-0.3, -0.25) is 9.97 Å². The predicted octanol–water partition coefficient (Wildman–Crippen LogP) is 9.64. The van der Waals surface area contributed by atoms with Crippen LogP contribution in [-0.2, 0) is 19.5 Å². The summed E-state index contributed by atoms with van der Waals surface area (Å²) in [4.78, 5) is 8.58. The number of aromatic nitrogens is 2. The SMILES string of the molecule is CC#N.C[C]1[C](C)[C](C)[C](C)[C]1C.Cc1ccnc(-c2cc(C)ccn2)c1.F[P-](F)(F)(F)(F)F.[Ru+2]. The summed E-state index contributed by atoms with van der Waals surface area (Å²) in [5.41, 5.74) is 4.29. The van der Waals surface area contributed by atoms with Gasteiger partial charge in [0.2, 0.25) is 0 Å². The number of hydrogen-bond donors (Lipinski definition) is 0. The number of aryl methyl sites for hydroxylation is 2. The van der Waals surface area contributed by atoms with Gasteiger partial charge in [0, 0.05) is 19.3 Å². The molecular weight excluding hydrogens is 576 g/mol. The number of nitriles is 1. The van der Waals surface area contributed by atoms with Crippen molar-refractivity contribution in [3.8, 4) is 17.5 Å². The third kappa shape index (κ3) is 16.7. The normalized spacial score (nSPS) is 17.1. The van der Waals surface area contributed by atoms with E-state index in [1.807, 2.05) is 36.7 Å². The minimum Gasteiger partial charge on any atom is 2.00 e. The Balaban J connectivity index is 0. The van der Waals surface area contributed by atoms with Crippen molar-refractivity contribution in [2.45, 2.75) is 55.4 Å². The average Bonchev–Trinajstić information content (AvgIpc) is 2.84. The zero-order valence-electron chi connectivity index (χ0n) is 20.9. The summed E-state index contributed by atoms with van der Waals surface area (Å²) in [6.07, 6.45) is 3.63. The molecule has 2 heterocycles. The second-order valence-electron chi connectivity index (χ2n) is 7.74. The fourth-order valence-electron chi connectivity index (χ4n) is 2.76. The molecule has 0 saturated heterocycles. The Labute approximate surface area is 217 Å². The number of rotatable bonds is 1. The van der Waals surface area contributed by atoms with Crippen LogP contribution in [0.3, 0.4) is 0 Å². The Kier molecular flexibility index (Phi) is 13.3. The van der Waals surface area contributed by atoms with Gasteiger partial charge < -0.3 is 0 Å². The van der Waals surface area contributed by atoms with Crippen molar-refractivity contribution in [2.75, 3.05) is 0 Å². The van der Waals surface area contributed by atoms with E-state index in [9.17, 15) is 25.2 Å². The maximum absolute atomic E-state index is 10.7. The van der Waals surface area contributed by atoms with E-state index in [0.29, 0.717) is 0 Å². The molecule has 0 aliphatic heterocycles. The Hall–Kier alpha value is -1.58. The molecular formula is C24H30F6N3PRu+. The first kappa shape index (κ1) is 35.6. The topological polar surface area (TPSA) is 49.6 Å². The minimum absolute atomic E-state index is 0. The molecule has 1 aliphatic rings. The zero-order chi connectivity index (χ0) is 27.0. The number of pyridine rings is 2. The van der Waals surface area contributed by atoms with E-state index in [1.54, 1.807) is 6.07 Å². The first-order valence-corrected chi connectivity index (χ1v) is 12.1. The summed E-state index contributed by atoms with van der Waals surface area (Å²) >= 11 is 0. The van der Waals surface area contributed by atoms with Gasteiger partial charge in [-0.25, -0.2) is 0 Å². The van der Waals surface area contributed by atoms with Crippen molar-refractivity contribution in [2.24, 2.45) is 0 Å². The Morgan fingerprint density at radius 3 is 1.00 bits per heavy atom. The van der Waals surface area contributed by atoms with Crippen LogP contribution in [0.4, 0.5) is 25.2 Å². The summed E-state index contributed by atoms with van der Waals surface area (Å²) in [5, 5.41) is 7.32. The van der Waals surface area contributed by atoms with Crippen LogP contribution in [0.2, 0.25) is 0 Å². The van der Waals surface area contributed by atoms with Gasteiger partial charge in [0.25, 0.3) is 0 Å². The molecule has 0 atom stereocenters. The second kappa shape index (κ2) is 13.1. The molecule has 0 bridgehead atoms. The largest absolute Gasteiger partial charge is 2.00 e. The molecule has 11 heteroatoms. The third-order valence-corrected chi connectivity index (χ3v) is 4.91. The summed E-state index contributed by atoms with van der Waals surface area (Å²) < 4.78 is 59.2. The van der Waals surface area contributed by atoms with Crippen LogP contribution in [-0.4, -0.2) is 9.97 Å². The maximum atomic E-state index is 9.87. The summed E-state index contributed by atoms with van der Waals surface area (Å²) in [7, 11) is -10.7. The van der Waals surface area contributed by atoms with Crippen molar-refractivity contribution < 1.29 is 44.7 Å². The Morgan fingerprint density at radius 2 is 0.829 bits per heavy atom. The van der Waals surface area contributed by atoms with E-state index in [1.165, 1.54) is 47.6 Å². The molecule has 1 fully saturated rings. The van der Waals surface area contributed by atoms with Crippen LogP contribution in [0.5, 0.6) is 0 Å². The molecule has 0 N–H and O–H groups in total. The molecule has 195 valence electrons. The van der Waals surface area contributed by atoms with Gasteiger partial charge in [0.05, 0.1) is 17.5 Å². The van der Waals surface area contributed by atoms with E-state index in [4.69, 9.17) is 5.26 Å². The van der Waals surface area contributed by atoms with Gasteiger partial charge in [-0.2, -0.15) is 5.26 Å². The quantitative estimate of drug-likeness (QED) is 0.185. The van der Waals surface area contributed by atoms with E-state index in [0.717, 1.165) is 11.4 Å². The van der Waals surface area contributed by atoms with Gasteiger partial charge in [-0.1, -0.05) is 34.6 Å².